The van der Waals surface area contributed by atoms with Gasteiger partial charge in [0.2, 0.25) is 21.8 Å². The van der Waals surface area contributed by atoms with Crippen LogP contribution in [0.3, 0.4) is 0 Å². The van der Waals surface area contributed by atoms with E-state index in [1.54, 1.807) is 37.3 Å². The van der Waals surface area contributed by atoms with E-state index in [-0.39, 0.29) is 12.5 Å². The number of sulfonamides is 1. The summed E-state index contributed by atoms with van der Waals surface area (Å²) in [7, 11) is -3.78. The summed E-state index contributed by atoms with van der Waals surface area (Å²) in [6.07, 6.45) is 3.39. The molecule has 7 nitrogen and oxygen atoms in total. The number of nitrogens with zero attached hydrogens (tertiary/aromatic N) is 2. The van der Waals surface area contributed by atoms with Crippen LogP contribution < -0.4 is 9.62 Å². The average molecular weight is 543 g/mol. The van der Waals surface area contributed by atoms with Crippen LogP contribution in [0.1, 0.15) is 44.7 Å². The Morgan fingerprint density at radius 2 is 1.74 bits per heavy atom. The number of hydrogen-bond acceptors (Lipinski definition) is 4. The SMILES string of the molecule is CCCCNC(=O)C(C)N(Cc1ccc(Cl)c(Cl)c1)C(=O)CN(c1ccccc1CC)S(C)(=O)=O. The molecule has 0 aliphatic heterocycles. The number of carbonyl (C=O) groups is 2. The number of hydrogen-bond donors (Lipinski definition) is 1. The molecule has 0 aromatic heterocycles. The van der Waals surface area contributed by atoms with E-state index < -0.39 is 28.5 Å². The minimum Gasteiger partial charge on any atom is -0.354 e. The van der Waals surface area contributed by atoms with Gasteiger partial charge in [0.25, 0.3) is 0 Å². The first-order valence-corrected chi connectivity index (χ1v) is 14.2. The van der Waals surface area contributed by atoms with Crippen LogP contribution in [0.4, 0.5) is 5.69 Å². The van der Waals surface area contributed by atoms with Gasteiger partial charge in [-0.1, -0.05) is 67.7 Å². The molecule has 2 rings (SSSR count). The van der Waals surface area contributed by atoms with Crippen molar-refractivity contribution in [2.75, 3.05) is 23.7 Å². The molecule has 1 N–H and O–H groups in total. The molecule has 10 heteroatoms. The van der Waals surface area contributed by atoms with Gasteiger partial charge >= 0.3 is 0 Å². The Morgan fingerprint density at radius 3 is 2.34 bits per heavy atom. The molecular weight excluding hydrogens is 509 g/mol. The van der Waals surface area contributed by atoms with Crippen molar-refractivity contribution in [2.45, 2.75) is 52.6 Å². The van der Waals surface area contributed by atoms with Crippen molar-refractivity contribution in [3.05, 3.63) is 63.6 Å². The predicted molar refractivity (Wildman–Crippen MR) is 142 cm³/mol. The number of carbonyl (C=O) groups excluding carboxylic acids is 2. The Balaban J connectivity index is 2.41. The number of halogens is 2. The Labute approximate surface area is 218 Å². The van der Waals surface area contributed by atoms with E-state index in [0.717, 1.165) is 29.0 Å². The summed E-state index contributed by atoms with van der Waals surface area (Å²) in [5.74, 6) is -0.822. The summed E-state index contributed by atoms with van der Waals surface area (Å²) in [4.78, 5) is 27.8. The summed E-state index contributed by atoms with van der Waals surface area (Å²) in [6, 6.07) is 11.2. The predicted octanol–water partition coefficient (Wildman–Crippen LogP) is 4.66. The lowest BCUT2D eigenvalue weighted by molar-refractivity contribution is -0.139. The fourth-order valence-electron chi connectivity index (χ4n) is 3.60. The molecule has 2 amide bonds. The molecule has 35 heavy (non-hydrogen) atoms. The number of unbranched alkanes of at least 4 members (excludes halogenated alkanes) is 1. The highest BCUT2D eigenvalue weighted by atomic mass is 35.5. The standard InChI is InChI=1S/C25H33Cl2N3O4S/c1-5-7-14-28-25(32)18(3)29(16-19-12-13-21(26)22(27)15-19)24(31)17-30(35(4,33)34)23-11-9-8-10-20(23)6-2/h8-13,15,18H,5-7,14,16-17H2,1-4H3,(H,28,32). The zero-order valence-electron chi connectivity index (χ0n) is 20.6. The van der Waals surface area contributed by atoms with Crippen molar-refractivity contribution in [1.82, 2.24) is 10.2 Å². The van der Waals surface area contributed by atoms with E-state index >= 15 is 0 Å². The van der Waals surface area contributed by atoms with Gasteiger partial charge in [-0.15, -0.1) is 0 Å². The lowest BCUT2D eigenvalue weighted by Crippen LogP contribution is -2.51. The minimum atomic E-state index is -3.78. The van der Waals surface area contributed by atoms with Crippen LogP contribution in [-0.4, -0.2) is 50.5 Å². The Bertz CT molecular complexity index is 1140. The van der Waals surface area contributed by atoms with E-state index in [2.05, 4.69) is 5.32 Å². The van der Waals surface area contributed by atoms with E-state index in [4.69, 9.17) is 23.2 Å². The van der Waals surface area contributed by atoms with E-state index in [1.807, 2.05) is 26.0 Å². The number of anilines is 1. The number of benzene rings is 2. The second-order valence-corrected chi connectivity index (χ2v) is 11.1. The van der Waals surface area contributed by atoms with Gasteiger partial charge in [-0.3, -0.25) is 13.9 Å². The normalized spacial score (nSPS) is 12.2. The molecule has 0 heterocycles. The highest BCUT2D eigenvalue weighted by molar-refractivity contribution is 7.92. The highest BCUT2D eigenvalue weighted by Crippen LogP contribution is 2.26. The zero-order chi connectivity index (χ0) is 26.2. The number of nitrogens with one attached hydrogen (secondary N) is 1. The monoisotopic (exact) mass is 541 g/mol. The van der Waals surface area contributed by atoms with Crippen LogP contribution >= 0.6 is 23.2 Å². The van der Waals surface area contributed by atoms with Crippen molar-refractivity contribution in [3.8, 4) is 0 Å². The van der Waals surface area contributed by atoms with E-state index in [9.17, 15) is 18.0 Å². The Kier molecular flexibility index (Phi) is 10.9. The van der Waals surface area contributed by atoms with Gasteiger partial charge in [-0.25, -0.2) is 8.42 Å². The molecule has 0 bridgehead atoms. The molecule has 0 aliphatic carbocycles. The summed E-state index contributed by atoms with van der Waals surface area (Å²) in [6.45, 7) is 5.67. The molecule has 0 radical (unpaired) electrons. The Hall–Kier alpha value is -2.29. The van der Waals surface area contributed by atoms with Gasteiger partial charge in [0, 0.05) is 13.1 Å². The van der Waals surface area contributed by atoms with Crippen LogP contribution in [0, 0.1) is 0 Å². The smallest absolute Gasteiger partial charge is 0.244 e. The van der Waals surface area contributed by atoms with Crippen molar-refractivity contribution >= 4 is 50.7 Å². The molecule has 2 aromatic rings. The summed E-state index contributed by atoms with van der Waals surface area (Å²) in [5, 5.41) is 3.55. The second-order valence-electron chi connectivity index (χ2n) is 8.34. The third-order valence-electron chi connectivity index (χ3n) is 5.65. The topological polar surface area (TPSA) is 86.8 Å². The molecule has 0 saturated heterocycles. The number of aryl methyl sites for hydroxylation is 1. The molecule has 2 aromatic carbocycles. The van der Waals surface area contributed by atoms with Gasteiger partial charge in [-0.05, 0) is 49.1 Å². The third kappa shape index (κ3) is 8.12. The summed E-state index contributed by atoms with van der Waals surface area (Å²) < 4.78 is 26.5. The Morgan fingerprint density at radius 1 is 1.06 bits per heavy atom. The lowest BCUT2D eigenvalue weighted by atomic mass is 10.1. The van der Waals surface area contributed by atoms with Gasteiger partial charge in [0.05, 0.1) is 22.0 Å². The van der Waals surface area contributed by atoms with Crippen molar-refractivity contribution in [3.63, 3.8) is 0 Å². The van der Waals surface area contributed by atoms with Gasteiger partial charge < -0.3 is 10.2 Å². The molecular formula is C25H33Cl2N3O4S. The first-order valence-electron chi connectivity index (χ1n) is 11.6. The summed E-state index contributed by atoms with van der Waals surface area (Å²) in [5.41, 5.74) is 1.91. The number of para-hydroxylation sites is 1. The molecule has 0 fully saturated rings. The van der Waals surface area contributed by atoms with Crippen LogP contribution in [0.15, 0.2) is 42.5 Å². The fourth-order valence-corrected chi connectivity index (χ4v) is 4.80. The molecule has 0 aliphatic rings. The highest BCUT2D eigenvalue weighted by Gasteiger charge is 2.30. The first-order chi connectivity index (χ1) is 16.5. The number of amides is 2. The van der Waals surface area contributed by atoms with Crippen molar-refractivity contribution in [1.29, 1.82) is 0 Å². The average Bonchev–Trinajstić information content (AvgIpc) is 2.82. The van der Waals surface area contributed by atoms with Crippen LogP contribution in [0.5, 0.6) is 0 Å². The molecule has 0 saturated carbocycles. The quantitative estimate of drug-likeness (QED) is 0.396. The maximum absolute atomic E-state index is 13.6. The maximum atomic E-state index is 13.6. The van der Waals surface area contributed by atoms with Crippen LogP contribution in [0.25, 0.3) is 0 Å². The summed E-state index contributed by atoms with van der Waals surface area (Å²) >= 11 is 12.2. The molecule has 1 atom stereocenters. The largest absolute Gasteiger partial charge is 0.354 e. The fraction of sp³-hybridized carbons (Fsp3) is 0.440. The lowest BCUT2D eigenvalue weighted by Gasteiger charge is -2.32. The van der Waals surface area contributed by atoms with E-state index in [0.29, 0.717) is 34.3 Å². The van der Waals surface area contributed by atoms with Crippen LogP contribution in [-0.2, 0) is 32.6 Å². The van der Waals surface area contributed by atoms with Crippen molar-refractivity contribution < 1.29 is 18.0 Å². The van der Waals surface area contributed by atoms with Gasteiger partial charge in [0.15, 0.2) is 0 Å². The molecule has 0 spiro atoms. The van der Waals surface area contributed by atoms with Crippen molar-refractivity contribution in [2.24, 2.45) is 0 Å². The van der Waals surface area contributed by atoms with Gasteiger partial charge in [-0.2, -0.15) is 0 Å². The third-order valence-corrected chi connectivity index (χ3v) is 7.52. The zero-order valence-corrected chi connectivity index (χ0v) is 22.9. The maximum Gasteiger partial charge on any atom is 0.244 e. The first kappa shape index (κ1) is 28.9. The number of rotatable bonds is 12. The van der Waals surface area contributed by atoms with E-state index in [1.165, 1.54) is 4.90 Å². The van der Waals surface area contributed by atoms with Crippen LogP contribution in [0.2, 0.25) is 10.0 Å². The van der Waals surface area contributed by atoms with Gasteiger partial charge in [0.1, 0.15) is 12.6 Å². The minimum absolute atomic E-state index is 0.0606. The second kappa shape index (κ2) is 13.1. The molecule has 192 valence electrons. The molecule has 1 unspecified atom stereocenters.